The Hall–Kier alpha value is -2.92. The lowest BCUT2D eigenvalue weighted by molar-refractivity contribution is 0.0951. The van der Waals surface area contributed by atoms with E-state index in [0.717, 1.165) is 34.7 Å². The maximum Gasteiger partial charge on any atom is 0.251 e. The first kappa shape index (κ1) is 17.9. The van der Waals surface area contributed by atoms with E-state index in [1.54, 1.807) is 0 Å². The summed E-state index contributed by atoms with van der Waals surface area (Å²) in [7, 11) is 3.96. The number of nitrogens with zero attached hydrogens (tertiary/aromatic N) is 2. The van der Waals surface area contributed by atoms with Gasteiger partial charge in [-0.3, -0.25) is 4.79 Å². The topological polar surface area (TPSA) is 58.4 Å². The van der Waals surface area contributed by atoms with Gasteiger partial charge < -0.3 is 14.7 Å². The molecule has 0 aliphatic rings. The Balaban J connectivity index is 1.82. The summed E-state index contributed by atoms with van der Waals surface area (Å²) in [5.74, 6) is 0.691. The molecule has 0 radical (unpaired) electrons. The van der Waals surface area contributed by atoms with Crippen molar-refractivity contribution in [3.05, 3.63) is 65.9 Å². The number of benzene rings is 2. The van der Waals surface area contributed by atoms with Crippen molar-refractivity contribution in [2.75, 3.05) is 27.2 Å². The zero-order valence-electron chi connectivity index (χ0n) is 15.3. The van der Waals surface area contributed by atoms with Crippen LogP contribution in [0.3, 0.4) is 0 Å². The quantitative estimate of drug-likeness (QED) is 0.739. The molecule has 0 atom stereocenters. The number of aromatic nitrogens is 1. The molecule has 0 saturated heterocycles. The van der Waals surface area contributed by atoms with Crippen LogP contribution in [-0.2, 0) is 0 Å². The molecule has 0 fully saturated rings. The highest BCUT2D eigenvalue weighted by molar-refractivity contribution is 5.95. The van der Waals surface area contributed by atoms with Crippen molar-refractivity contribution in [3.8, 4) is 22.4 Å². The fourth-order valence-corrected chi connectivity index (χ4v) is 2.79. The molecule has 0 saturated carbocycles. The Morgan fingerprint density at radius 2 is 1.73 bits per heavy atom. The molecular formula is C21H23N3O2. The number of rotatable bonds is 6. The molecule has 134 valence electrons. The summed E-state index contributed by atoms with van der Waals surface area (Å²) in [5, 5.41) is 7.14. The van der Waals surface area contributed by atoms with Crippen molar-refractivity contribution in [2.45, 2.75) is 6.92 Å². The molecule has 0 bridgehead atoms. The number of carbonyl (C=O) groups excluding carboxylic acids is 1. The average Bonchev–Trinajstić information content (AvgIpc) is 3.03. The van der Waals surface area contributed by atoms with Gasteiger partial charge in [-0.05, 0) is 38.7 Å². The molecule has 0 aliphatic carbocycles. The van der Waals surface area contributed by atoms with Gasteiger partial charge in [0, 0.05) is 24.2 Å². The zero-order valence-corrected chi connectivity index (χ0v) is 15.3. The van der Waals surface area contributed by atoms with E-state index in [9.17, 15) is 4.79 Å². The first-order valence-electron chi connectivity index (χ1n) is 8.61. The van der Waals surface area contributed by atoms with Crippen molar-refractivity contribution >= 4 is 5.91 Å². The van der Waals surface area contributed by atoms with Crippen LogP contribution in [0.15, 0.2) is 59.1 Å². The molecule has 0 spiro atoms. The van der Waals surface area contributed by atoms with Crippen molar-refractivity contribution in [3.63, 3.8) is 0 Å². The molecule has 0 unspecified atom stereocenters. The summed E-state index contributed by atoms with van der Waals surface area (Å²) < 4.78 is 5.42. The van der Waals surface area contributed by atoms with E-state index < -0.39 is 0 Å². The maximum absolute atomic E-state index is 12.2. The van der Waals surface area contributed by atoms with Crippen LogP contribution in [0.2, 0.25) is 0 Å². The minimum atomic E-state index is -0.0660. The van der Waals surface area contributed by atoms with Crippen molar-refractivity contribution < 1.29 is 9.32 Å². The van der Waals surface area contributed by atoms with Gasteiger partial charge in [0.15, 0.2) is 0 Å². The summed E-state index contributed by atoms with van der Waals surface area (Å²) >= 11 is 0. The summed E-state index contributed by atoms with van der Waals surface area (Å²) in [6, 6.07) is 17.5. The number of hydrogen-bond acceptors (Lipinski definition) is 4. The molecule has 2 aromatic carbocycles. The van der Waals surface area contributed by atoms with Gasteiger partial charge >= 0.3 is 0 Å². The molecule has 1 aromatic heterocycles. The molecule has 26 heavy (non-hydrogen) atoms. The van der Waals surface area contributed by atoms with Gasteiger partial charge in [0.1, 0.15) is 11.5 Å². The second-order valence-corrected chi connectivity index (χ2v) is 6.46. The predicted molar refractivity (Wildman–Crippen MR) is 103 cm³/mol. The first-order chi connectivity index (χ1) is 12.6. The monoisotopic (exact) mass is 349 g/mol. The van der Waals surface area contributed by atoms with Crippen molar-refractivity contribution in [1.29, 1.82) is 0 Å². The molecule has 1 amide bonds. The van der Waals surface area contributed by atoms with E-state index in [1.165, 1.54) is 0 Å². The van der Waals surface area contributed by atoms with Gasteiger partial charge in [-0.1, -0.05) is 47.6 Å². The van der Waals surface area contributed by atoms with Gasteiger partial charge in [-0.25, -0.2) is 0 Å². The van der Waals surface area contributed by atoms with Crippen LogP contribution in [0.1, 0.15) is 16.1 Å². The molecule has 5 heteroatoms. The van der Waals surface area contributed by atoms with E-state index in [2.05, 4.69) is 10.5 Å². The van der Waals surface area contributed by atoms with Crippen LogP contribution >= 0.6 is 0 Å². The number of likely N-dealkylation sites (N-methyl/N-ethyl adjacent to an activating group) is 1. The van der Waals surface area contributed by atoms with Crippen LogP contribution in [0.5, 0.6) is 0 Å². The van der Waals surface area contributed by atoms with Crippen molar-refractivity contribution in [1.82, 2.24) is 15.4 Å². The fourth-order valence-electron chi connectivity index (χ4n) is 2.79. The average molecular weight is 349 g/mol. The lowest BCUT2D eigenvalue weighted by Gasteiger charge is -2.10. The molecule has 3 aromatic rings. The van der Waals surface area contributed by atoms with Gasteiger partial charge in [-0.2, -0.15) is 0 Å². The number of hydrogen-bond donors (Lipinski definition) is 1. The molecule has 3 rings (SSSR count). The summed E-state index contributed by atoms with van der Waals surface area (Å²) in [6.07, 6.45) is 0. The first-order valence-corrected chi connectivity index (χ1v) is 8.61. The highest BCUT2D eigenvalue weighted by Crippen LogP contribution is 2.34. The number of aryl methyl sites for hydroxylation is 1. The van der Waals surface area contributed by atoms with Crippen molar-refractivity contribution in [2.24, 2.45) is 0 Å². The van der Waals surface area contributed by atoms with E-state index >= 15 is 0 Å². The van der Waals surface area contributed by atoms with Crippen LogP contribution in [0.25, 0.3) is 22.4 Å². The van der Waals surface area contributed by atoms with Crippen LogP contribution < -0.4 is 5.32 Å². The van der Waals surface area contributed by atoms with E-state index in [0.29, 0.717) is 12.1 Å². The van der Waals surface area contributed by atoms with Crippen LogP contribution in [0, 0.1) is 6.92 Å². The van der Waals surface area contributed by atoms with Gasteiger partial charge in [0.25, 0.3) is 5.91 Å². The van der Waals surface area contributed by atoms with E-state index in [-0.39, 0.29) is 5.91 Å². The van der Waals surface area contributed by atoms with Gasteiger partial charge in [-0.15, -0.1) is 0 Å². The molecule has 0 aliphatic heterocycles. The molecule has 1 heterocycles. The van der Waals surface area contributed by atoms with E-state index in [4.69, 9.17) is 4.52 Å². The largest absolute Gasteiger partial charge is 0.360 e. The third-order valence-corrected chi connectivity index (χ3v) is 4.19. The third-order valence-electron chi connectivity index (χ3n) is 4.19. The molecule has 1 N–H and O–H groups in total. The molecular weight excluding hydrogens is 326 g/mol. The SMILES string of the molecule is Cc1onc(-c2ccccc2)c1-c1ccc(C(=O)NCCN(C)C)cc1. The van der Waals surface area contributed by atoms with E-state index in [1.807, 2.05) is 80.5 Å². The smallest absolute Gasteiger partial charge is 0.251 e. The summed E-state index contributed by atoms with van der Waals surface area (Å²) in [5.41, 5.74) is 4.39. The third kappa shape index (κ3) is 4.00. The predicted octanol–water partition coefficient (Wildman–Crippen LogP) is 3.61. The normalized spacial score (nSPS) is 10.9. The Kier molecular flexibility index (Phi) is 5.49. The standard InChI is InChI=1S/C21H23N3O2/c1-15-19(20(23-26-15)17-7-5-4-6-8-17)16-9-11-18(12-10-16)21(25)22-13-14-24(2)3/h4-12H,13-14H2,1-3H3,(H,22,25). The summed E-state index contributed by atoms with van der Waals surface area (Å²) in [6.45, 7) is 3.33. The Morgan fingerprint density at radius 3 is 2.38 bits per heavy atom. The minimum Gasteiger partial charge on any atom is -0.360 e. The number of carbonyl (C=O) groups is 1. The number of nitrogens with one attached hydrogen (secondary N) is 1. The lowest BCUT2D eigenvalue weighted by Crippen LogP contribution is -2.31. The second kappa shape index (κ2) is 7.97. The fraction of sp³-hybridized carbons (Fsp3) is 0.238. The van der Waals surface area contributed by atoms with Gasteiger partial charge in [0.2, 0.25) is 0 Å². The lowest BCUT2D eigenvalue weighted by atomic mass is 9.98. The number of amides is 1. The zero-order chi connectivity index (χ0) is 18.5. The highest BCUT2D eigenvalue weighted by Gasteiger charge is 2.16. The second-order valence-electron chi connectivity index (χ2n) is 6.46. The van der Waals surface area contributed by atoms with Crippen LogP contribution in [0.4, 0.5) is 0 Å². The maximum atomic E-state index is 12.2. The Labute approximate surface area is 153 Å². The minimum absolute atomic E-state index is 0.0660. The van der Waals surface area contributed by atoms with Crippen LogP contribution in [-0.4, -0.2) is 43.1 Å². The summed E-state index contributed by atoms with van der Waals surface area (Å²) in [4.78, 5) is 14.2. The molecule has 5 nitrogen and oxygen atoms in total. The highest BCUT2D eigenvalue weighted by atomic mass is 16.5. The van der Waals surface area contributed by atoms with Gasteiger partial charge in [0.05, 0.1) is 5.56 Å². The Morgan fingerprint density at radius 1 is 1.04 bits per heavy atom. The Bertz CT molecular complexity index is 868.